The molecule has 8 fully saturated rings. The molecule has 1 unspecified atom stereocenters. The van der Waals surface area contributed by atoms with Crippen LogP contribution in [0.3, 0.4) is 0 Å². The fraction of sp³-hybridized carbons (Fsp3) is 0.638. The fourth-order valence-electron chi connectivity index (χ4n) is 12.9. The van der Waals surface area contributed by atoms with Gasteiger partial charge in [0.25, 0.3) is 0 Å². The maximum Gasteiger partial charge on any atom is 0.327 e. The van der Waals surface area contributed by atoms with Gasteiger partial charge >= 0.3 is 5.97 Å². The van der Waals surface area contributed by atoms with Crippen molar-refractivity contribution >= 4 is 23.9 Å². The molecule has 5 aliphatic heterocycles. The molecule has 2 N–H and O–H groups in total. The summed E-state index contributed by atoms with van der Waals surface area (Å²) in [4.78, 5) is 51.6. The summed E-state index contributed by atoms with van der Waals surface area (Å²) in [6, 6.07) is 14.9. The summed E-state index contributed by atoms with van der Waals surface area (Å²) < 4.78 is 26.2. The number of allylic oxidation sites excluding steroid dienone is 1. The van der Waals surface area contributed by atoms with Gasteiger partial charge in [-0.15, -0.1) is 0 Å². The molecule has 4 aliphatic carbocycles. The third-order valence-electron chi connectivity index (χ3n) is 16.0. The van der Waals surface area contributed by atoms with Gasteiger partial charge in [-0.3, -0.25) is 19.2 Å². The number of rotatable bonds is 7. The Bertz CT molecular complexity index is 2060. The Morgan fingerprint density at radius 1 is 0.949 bits per heavy atom. The fourth-order valence-corrected chi connectivity index (χ4v) is 12.9. The molecule has 1 spiro atoms. The number of epoxide rings is 1. The van der Waals surface area contributed by atoms with Crippen LogP contribution in [-0.4, -0.2) is 107 Å². The number of nitrogens with zero attached hydrogens (tertiary/aromatic N) is 2. The SMILES string of the molecule is CC1(C)C[C@@H]2C(=Cc3ccc(CN4O[C@@H]5[C@H]6OC7(Cc8ccccc8C7)O[C@H]6[C@H]6C[C@]5(C(=O)N5CCC[C@@H]5C(=O)NCCO)[C@@H]4C(=O)O6)cc3)CCC3O[C@]3(C)CC[C@H]21. The van der Waals surface area contributed by atoms with Gasteiger partial charge in [0.2, 0.25) is 11.8 Å². The Morgan fingerprint density at radius 3 is 2.46 bits per heavy atom. The zero-order valence-electron chi connectivity index (χ0n) is 34.4. The highest BCUT2D eigenvalue weighted by Gasteiger charge is 2.77. The van der Waals surface area contributed by atoms with Crippen LogP contribution >= 0.6 is 0 Å². The summed E-state index contributed by atoms with van der Waals surface area (Å²) in [6.07, 6.45) is 8.00. The third-order valence-corrected chi connectivity index (χ3v) is 16.0. The lowest BCUT2D eigenvalue weighted by molar-refractivity contribution is -0.218. The zero-order valence-corrected chi connectivity index (χ0v) is 34.4. The van der Waals surface area contributed by atoms with E-state index in [0.717, 1.165) is 41.5 Å². The van der Waals surface area contributed by atoms with E-state index in [-0.39, 0.29) is 43.5 Å². The van der Waals surface area contributed by atoms with E-state index >= 15 is 4.79 Å². The lowest BCUT2D eigenvalue weighted by Crippen LogP contribution is -2.70. The largest absolute Gasteiger partial charge is 0.458 e. The number of nitrogens with one attached hydrogen (secondary N) is 1. The number of hydrogen-bond donors (Lipinski definition) is 2. The van der Waals surface area contributed by atoms with Crippen molar-refractivity contribution < 1.29 is 43.3 Å². The van der Waals surface area contributed by atoms with E-state index in [4.69, 9.17) is 23.8 Å². The number of hydroxylamine groups is 2. The first-order valence-corrected chi connectivity index (χ1v) is 22.1. The Balaban J connectivity index is 0.893. The number of fused-ring (bicyclic) bond motifs is 7. The molecule has 3 saturated carbocycles. The number of aliphatic hydroxyl groups is 1. The number of benzene rings is 2. The highest BCUT2D eigenvalue weighted by Crippen LogP contribution is 2.61. The Labute approximate surface area is 345 Å². The summed E-state index contributed by atoms with van der Waals surface area (Å²) in [6.45, 7) is 7.65. The van der Waals surface area contributed by atoms with Crippen molar-refractivity contribution in [1.29, 1.82) is 0 Å². The molecule has 2 aromatic carbocycles. The summed E-state index contributed by atoms with van der Waals surface area (Å²) >= 11 is 0. The van der Waals surface area contributed by atoms with Crippen LogP contribution in [0.15, 0.2) is 54.1 Å². The molecule has 9 aliphatic rings. The van der Waals surface area contributed by atoms with E-state index in [1.54, 1.807) is 9.96 Å². The van der Waals surface area contributed by atoms with E-state index in [1.165, 1.54) is 18.4 Å². The number of carbonyl (C=O) groups excluding carboxylic acids is 3. The van der Waals surface area contributed by atoms with Crippen LogP contribution in [0.4, 0.5) is 0 Å². The predicted octanol–water partition coefficient (Wildman–Crippen LogP) is 4.64. The molecular weight excluding hydrogens is 751 g/mol. The summed E-state index contributed by atoms with van der Waals surface area (Å²) in [5.41, 5.74) is 4.93. The molecule has 59 heavy (non-hydrogen) atoms. The van der Waals surface area contributed by atoms with Gasteiger partial charge in [0.15, 0.2) is 11.8 Å². The van der Waals surface area contributed by atoms with E-state index in [9.17, 15) is 14.7 Å². The number of hydrogen-bond acceptors (Lipinski definition) is 10. The first kappa shape index (κ1) is 38.3. The second-order valence-corrected chi connectivity index (χ2v) is 20.0. The molecule has 2 amide bonds. The molecule has 0 aromatic heterocycles. The number of aliphatic hydroxyl groups excluding tert-OH is 1. The molecule has 12 heteroatoms. The molecule has 12 nitrogen and oxygen atoms in total. The average molecular weight is 808 g/mol. The van der Waals surface area contributed by atoms with Crippen LogP contribution in [0.1, 0.15) is 94.4 Å². The average Bonchev–Trinajstić information content (AvgIpc) is 3.73. The van der Waals surface area contributed by atoms with Gasteiger partial charge in [0.05, 0.1) is 24.9 Å². The van der Waals surface area contributed by atoms with Crippen molar-refractivity contribution in [2.45, 2.75) is 146 Å². The van der Waals surface area contributed by atoms with Crippen LogP contribution in [0.25, 0.3) is 6.08 Å². The van der Waals surface area contributed by atoms with Crippen molar-refractivity contribution in [1.82, 2.24) is 15.3 Å². The lowest BCUT2D eigenvalue weighted by atomic mass is 9.52. The van der Waals surface area contributed by atoms with E-state index in [1.807, 2.05) is 12.1 Å². The molecule has 5 saturated heterocycles. The molecule has 314 valence electrons. The minimum absolute atomic E-state index is 0.0457. The predicted molar refractivity (Wildman–Crippen MR) is 214 cm³/mol. The number of ether oxygens (including phenoxy) is 4. The van der Waals surface area contributed by atoms with Crippen molar-refractivity contribution in [2.24, 2.45) is 22.7 Å². The second kappa shape index (κ2) is 13.7. The molecule has 11 rings (SSSR count). The maximum atomic E-state index is 15.3. The quantitative estimate of drug-likeness (QED) is 0.301. The Morgan fingerprint density at radius 2 is 1.71 bits per heavy atom. The second-order valence-electron chi connectivity index (χ2n) is 20.0. The molecule has 2 bridgehead atoms. The van der Waals surface area contributed by atoms with Crippen LogP contribution < -0.4 is 5.32 Å². The van der Waals surface area contributed by atoms with Gasteiger partial charge in [-0.05, 0) is 91.4 Å². The van der Waals surface area contributed by atoms with Crippen LogP contribution in [-0.2, 0) is 57.6 Å². The van der Waals surface area contributed by atoms with Gasteiger partial charge < -0.3 is 34.3 Å². The minimum atomic E-state index is -1.36. The van der Waals surface area contributed by atoms with Crippen LogP contribution in [0, 0.1) is 22.7 Å². The number of amides is 2. The molecule has 11 atom stereocenters. The number of carbonyl (C=O) groups is 3. The smallest absolute Gasteiger partial charge is 0.327 e. The molecule has 2 aromatic rings. The highest BCUT2D eigenvalue weighted by atomic mass is 16.8. The van der Waals surface area contributed by atoms with Crippen molar-refractivity contribution in [3.63, 3.8) is 0 Å². The summed E-state index contributed by atoms with van der Waals surface area (Å²) in [5, 5.41) is 13.8. The van der Waals surface area contributed by atoms with Gasteiger partial charge in [0.1, 0.15) is 35.9 Å². The lowest BCUT2D eigenvalue weighted by Gasteiger charge is -2.53. The van der Waals surface area contributed by atoms with Crippen molar-refractivity contribution in [3.05, 3.63) is 76.4 Å². The minimum Gasteiger partial charge on any atom is -0.458 e. The first-order chi connectivity index (χ1) is 28.4. The van der Waals surface area contributed by atoms with Crippen molar-refractivity contribution in [3.8, 4) is 0 Å². The van der Waals surface area contributed by atoms with Crippen LogP contribution in [0.5, 0.6) is 0 Å². The van der Waals surface area contributed by atoms with E-state index < -0.39 is 53.7 Å². The maximum absolute atomic E-state index is 15.3. The first-order valence-electron chi connectivity index (χ1n) is 22.1. The zero-order chi connectivity index (χ0) is 40.5. The van der Waals surface area contributed by atoms with Gasteiger partial charge in [-0.1, -0.05) is 74.0 Å². The van der Waals surface area contributed by atoms with Gasteiger partial charge in [-0.25, -0.2) is 0 Å². The standard InChI is InChI=1S/C47H57N3O9/c1-44(2)24-32-29(14-15-36-45(3,56-36)17-16-33(32)44)21-27-10-12-28(13-11-27)26-50-39-42(53)55-35-25-47(39,43(54)49-19-6-9-34(49)41(52)48-18-20-51)40(59-50)38-37(35)57-46(58-38)22-30-7-4-5-8-31(30)23-46/h4-5,7-8,10-13,21,32-40,51H,6,9,14-20,22-26H2,1-3H3,(H,48,52)/t32-,33-,34-,35-,36?,37+,38+,39+,40-,45-,47+/m1/s1. The molecule has 0 radical (unpaired) electrons. The van der Waals surface area contributed by atoms with Crippen molar-refractivity contribution in [2.75, 3.05) is 19.7 Å². The molecular formula is C47H57N3O9. The third kappa shape index (κ3) is 6.02. The monoisotopic (exact) mass is 807 g/mol. The Hall–Kier alpha value is -3.65. The summed E-state index contributed by atoms with van der Waals surface area (Å²) in [5.74, 6) is -0.819. The van der Waals surface area contributed by atoms with E-state index in [2.05, 4.69) is 68.6 Å². The van der Waals surface area contributed by atoms with Gasteiger partial charge in [0, 0.05) is 32.4 Å². The van der Waals surface area contributed by atoms with E-state index in [0.29, 0.717) is 55.6 Å². The number of esters is 1. The highest BCUT2D eigenvalue weighted by molar-refractivity contribution is 5.96. The Kier molecular flexibility index (Phi) is 8.87. The number of likely N-dealkylation sites (tertiary alicyclic amines) is 1. The summed E-state index contributed by atoms with van der Waals surface area (Å²) in [7, 11) is 0. The van der Waals surface area contributed by atoms with Gasteiger partial charge in [-0.2, -0.15) is 5.06 Å². The molecule has 5 heterocycles. The topological polar surface area (TPSA) is 139 Å². The van der Waals surface area contributed by atoms with Crippen LogP contribution in [0.2, 0.25) is 0 Å². The normalized spacial score (nSPS) is 40.2.